The largest absolute Gasteiger partial charge is 0.481 e. The van der Waals surface area contributed by atoms with Crippen molar-refractivity contribution < 1.29 is 9.90 Å². The molecular weight excluding hydrogens is 272 g/mol. The number of carbonyl (C=O) groups is 1. The van der Waals surface area contributed by atoms with E-state index >= 15 is 0 Å². The van der Waals surface area contributed by atoms with E-state index in [0.717, 1.165) is 0 Å². The van der Waals surface area contributed by atoms with Crippen molar-refractivity contribution in [3.63, 3.8) is 0 Å². The number of carboxylic acid groups (broad SMARTS) is 1. The minimum Gasteiger partial charge on any atom is -0.481 e. The molecule has 0 saturated heterocycles. The quantitative estimate of drug-likeness (QED) is 0.820. The smallest absolute Gasteiger partial charge is 0.303 e. The Balaban J connectivity index is 1.66. The first-order valence-electron chi connectivity index (χ1n) is 7.72. The van der Waals surface area contributed by atoms with Crippen LogP contribution in [0.5, 0.6) is 0 Å². The second-order valence-corrected chi connectivity index (χ2v) is 5.92. The normalized spacial score (nSPS) is 29.6. The van der Waals surface area contributed by atoms with Gasteiger partial charge < -0.3 is 5.11 Å². The molecule has 0 radical (unpaired) electrons. The third kappa shape index (κ3) is 3.11. The lowest BCUT2D eigenvalue weighted by Gasteiger charge is -2.49. The SMILES string of the molecule is O=C(O)CC1C(C=CC=Cc2ccccc2)C2C=CC=CC21. The third-order valence-electron chi connectivity index (χ3n) is 4.60. The summed E-state index contributed by atoms with van der Waals surface area (Å²) in [5, 5.41) is 9.10. The highest BCUT2D eigenvalue weighted by molar-refractivity contribution is 5.67. The fraction of sp³-hybridized carbons (Fsp3) is 0.250. The zero-order chi connectivity index (χ0) is 15.4. The topological polar surface area (TPSA) is 37.3 Å². The summed E-state index contributed by atoms with van der Waals surface area (Å²) in [6.07, 6.45) is 17.0. The molecule has 2 heteroatoms. The highest BCUT2D eigenvalue weighted by Gasteiger charge is 2.47. The van der Waals surface area contributed by atoms with Crippen molar-refractivity contribution in [1.29, 1.82) is 0 Å². The van der Waals surface area contributed by atoms with Gasteiger partial charge in [-0.1, -0.05) is 78.9 Å². The van der Waals surface area contributed by atoms with E-state index in [0.29, 0.717) is 17.8 Å². The molecule has 0 aliphatic heterocycles. The van der Waals surface area contributed by atoms with Crippen LogP contribution in [0.2, 0.25) is 0 Å². The predicted molar refractivity (Wildman–Crippen MR) is 89.1 cm³/mol. The number of allylic oxidation sites excluding steroid dienone is 7. The monoisotopic (exact) mass is 292 g/mol. The third-order valence-corrected chi connectivity index (χ3v) is 4.60. The molecule has 0 aromatic heterocycles. The van der Waals surface area contributed by atoms with Gasteiger partial charge in [0.2, 0.25) is 0 Å². The Morgan fingerprint density at radius 3 is 2.50 bits per heavy atom. The molecule has 3 rings (SSSR count). The van der Waals surface area contributed by atoms with Crippen LogP contribution in [0.15, 0.2) is 72.9 Å². The number of rotatable bonds is 5. The Bertz CT molecular complexity index is 637. The second kappa shape index (κ2) is 6.61. The Kier molecular flexibility index (Phi) is 4.38. The summed E-state index contributed by atoms with van der Waals surface area (Å²) >= 11 is 0. The fourth-order valence-corrected chi connectivity index (χ4v) is 3.52. The van der Waals surface area contributed by atoms with Gasteiger partial charge in [0, 0.05) is 6.42 Å². The molecule has 2 aliphatic rings. The molecule has 0 bridgehead atoms. The first-order chi connectivity index (χ1) is 10.8. The fourth-order valence-electron chi connectivity index (χ4n) is 3.52. The molecule has 4 unspecified atom stereocenters. The van der Waals surface area contributed by atoms with Gasteiger partial charge in [0.15, 0.2) is 0 Å². The number of hydrogen-bond donors (Lipinski definition) is 1. The van der Waals surface area contributed by atoms with E-state index in [-0.39, 0.29) is 12.3 Å². The van der Waals surface area contributed by atoms with Gasteiger partial charge in [-0.3, -0.25) is 4.79 Å². The second-order valence-electron chi connectivity index (χ2n) is 5.92. The number of hydrogen-bond acceptors (Lipinski definition) is 1. The van der Waals surface area contributed by atoms with Crippen molar-refractivity contribution in [2.45, 2.75) is 6.42 Å². The number of fused-ring (bicyclic) bond motifs is 1. The van der Waals surface area contributed by atoms with Crippen molar-refractivity contribution in [2.75, 3.05) is 0 Å². The Morgan fingerprint density at radius 1 is 1.05 bits per heavy atom. The maximum atomic E-state index is 11.1. The molecule has 1 saturated carbocycles. The Morgan fingerprint density at radius 2 is 1.77 bits per heavy atom. The summed E-state index contributed by atoms with van der Waals surface area (Å²) in [4.78, 5) is 11.1. The van der Waals surface area contributed by atoms with Crippen molar-refractivity contribution in [2.24, 2.45) is 23.7 Å². The van der Waals surface area contributed by atoms with Crippen molar-refractivity contribution in [1.82, 2.24) is 0 Å². The van der Waals surface area contributed by atoms with E-state index in [4.69, 9.17) is 5.11 Å². The van der Waals surface area contributed by atoms with Gasteiger partial charge in [0.1, 0.15) is 0 Å². The van der Waals surface area contributed by atoms with Gasteiger partial charge in [-0.05, 0) is 29.2 Å². The van der Waals surface area contributed by atoms with Crippen LogP contribution in [0.3, 0.4) is 0 Å². The summed E-state index contributed by atoms with van der Waals surface area (Å²) in [5.74, 6) is 0.669. The molecule has 2 nitrogen and oxygen atoms in total. The molecule has 1 N–H and O–H groups in total. The van der Waals surface area contributed by atoms with E-state index in [1.165, 1.54) is 5.56 Å². The van der Waals surface area contributed by atoms with E-state index in [9.17, 15) is 4.79 Å². The number of carboxylic acids is 1. The lowest BCUT2D eigenvalue weighted by atomic mass is 9.54. The van der Waals surface area contributed by atoms with Crippen molar-refractivity contribution >= 4 is 12.0 Å². The molecule has 0 heterocycles. The number of benzene rings is 1. The van der Waals surface area contributed by atoms with Gasteiger partial charge in [0.25, 0.3) is 0 Å². The zero-order valence-corrected chi connectivity index (χ0v) is 12.4. The van der Waals surface area contributed by atoms with Crippen LogP contribution in [0, 0.1) is 23.7 Å². The molecule has 1 fully saturated rings. The van der Waals surface area contributed by atoms with Gasteiger partial charge >= 0.3 is 5.97 Å². The minimum absolute atomic E-state index is 0.213. The van der Waals surface area contributed by atoms with Crippen LogP contribution in [0.25, 0.3) is 6.08 Å². The lowest BCUT2D eigenvalue weighted by molar-refractivity contribution is -0.140. The van der Waals surface area contributed by atoms with Gasteiger partial charge in [-0.2, -0.15) is 0 Å². The van der Waals surface area contributed by atoms with Crippen molar-refractivity contribution in [3.8, 4) is 0 Å². The van der Waals surface area contributed by atoms with E-state index < -0.39 is 5.97 Å². The molecular formula is C20H20O2. The average Bonchev–Trinajstić information content (AvgIpc) is 2.53. The first kappa shape index (κ1) is 14.6. The molecule has 1 aromatic rings. The maximum absolute atomic E-state index is 11.1. The molecule has 22 heavy (non-hydrogen) atoms. The van der Waals surface area contributed by atoms with E-state index in [2.05, 4.69) is 48.6 Å². The molecule has 2 aliphatic carbocycles. The lowest BCUT2D eigenvalue weighted by Crippen LogP contribution is -2.45. The van der Waals surface area contributed by atoms with Crippen LogP contribution in [0.1, 0.15) is 12.0 Å². The molecule has 0 spiro atoms. The van der Waals surface area contributed by atoms with Crippen LogP contribution in [0.4, 0.5) is 0 Å². The molecule has 4 atom stereocenters. The highest BCUT2D eigenvalue weighted by Crippen LogP contribution is 2.51. The van der Waals surface area contributed by atoms with Crippen LogP contribution in [-0.2, 0) is 4.79 Å². The molecule has 112 valence electrons. The average molecular weight is 292 g/mol. The Labute approximate surface area is 131 Å². The number of aliphatic carboxylic acids is 1. The van der Waals surface area contributed by atoms with E-state index in [1.54, 1.807) is 0 Å². The van der Waals surface area contributed by atoms with Gasteiger partial charge in [-0.25, -0.2) is 0 Å². The Hall–Kier alpha value is -2.35. The summed E-state index contributed by atoms with van der Waals surface area (Å²) in [6.45, 7) is 0. The van der Waals surface area contributed by atoms with Gasteiger partial charge in [-0.15, -0.1) is 0 Å². The summed E-state index contributed by atoms with van der Waals surface area (Å²) in [7, 11) is 0. The summed E-state index contributed by atoms with van der Waals surface area (Å²) < 4.78 is 0. The molecule has 1 aromatic carbocycles. The van der Waals surface area contributed by atoms with Gasteiger partial charge in [0.05, 0.1) is 0 Å². The summed E-state index contributed by atoms with van der Waals surface area (Å²) in [5.41, 5.74) is 1.17. The first-order valence-corrected chi connectivity index (χ1v) is 7.72. The van der Waals surface area contributed by atoms with E-state index in [1.807, 2.05) is 30.4 Å². The van der Waals surface area contributed by atoms with Crippen LogP contribution < -0.4 is 0 Å². The predicted octanol–water partition coefficient (Wildman–Crippen LogP) is 4.34. The standard InChI is InChI=1S/C20H20O2/c21-20(22)14-19-17(16-11-6-7-13-18(16)19)12-5-4-10-15-8-2-1-3-9-15/h1-13,16-19H,14H2,(H,21,22). The molecule has 0 amide bonds. The summed E-state index contributed by atoms with van der Waals surface area (Å²) in [6, 6.07) is 10.2. The maximum Gasteiger partial charge on any atom is 0.303 e. The zero-order valence-electron chi connectivity index (χ0n) is 12.4. The van der Waals surface area contributed by atoms with Crippen LogP contribution >= 0.6 is 0 Å². The highest BCUT2D eigenvalue weighted by atomic mass is 16.4. The van der Waals surface area contributed by atoms with Crippen molar-refractivity contribution in [3.05, 3.63) is 78.4 Å². The van der Waals surface area contributed by atoms with Crippen LogP contribution in [-0.4, -0.2) is 11.1 Å². The minimum atomic E-state index is -0.704.